The molecule has 0 saturated heterocycles. The van der Waals surface area contributed by atoms with Crippen LogP contribution in [0.5, 0.6) is 0 Å². The zero-order valence-corrected chi connectivity index (χ0v) is 15.8. The van der Waals surface area contributed by atoms with Crippen molar-refractivity contribution in [2.75, 3.05) is 6.61 Å². The molecular formula is C16H31IO2. The number of hydrogen-bond donors (Lipinski definition) is 0. The van der Waals surface area contributed by atoms with E-state index in [0.29, 0.717) is 18.4 Å². The normalized spacial score (nSPS) is 17.9. The quantitative estimate of drug-likeness (QED) is 0.413. The maximum Gasteiger partial charge on any atom is 0.110 e. The molecule has 0 N–H and O–H groups in total. The average molecular weight is 382 g/mol. The molecule has 114 valence electrons. The van der Waals surface area contributed by atoms with Crippen molar-refractivity contribution in [1.82, 2.24) is 0 Å². The molecule has 19 heavy (non-hydrogen) atoms. The van der Waals surface area contributed by atoms with Gasteiger partial charge in [0.2, 0.25) is 0 Å². The summed E-state index contributed by atoms with van der Waals surface area (Å²) in [5.41, 5.74) is 0.0856. The molecule has 0 spiro atoms. The zero-order chi connectivity index (χ0) is 15.3. The molecule has 0 heterocycles. The SMILES string of the molecule is C=CC(C)C(C)C(C)(C)OCC(CC(C)(C)C)OI. The van der Waals surface area contributed by atoms with Crippen molar-refractivity contribution < 1.29 is 7.80 Å². The van der Waals surface area contributed by atoms with E-state index >= 15 is 0 Å². The Morgan fingerprint density at radius 2 is 1.68 bits per heavy atom. The van der Waals surface area contributed by atoms with Crippen LogP contribution >= 0.6 is 23.0 Å². The van der Waals surface area contributed by atoms with Gasteiger partial charge in [-0.05, 0) is 37.5 Å². The van der Waals surface area contributed by atoms with E-state index in [1.165, 1.54) is 0 Å². The van der Waals surface area contributed by atoms with Gasteiger partial charge < -0.3 is 7.80 Å². The van der Waals surface area contributed by atoms with Gasteiger partial charge in [-0.2, -0.15) is 0 Å². The Morgan fingerprint density at radius 3 is 2.05 bits per heavy atom. The molecule has 0 aliphatic heterocycles. The molecule has 0 aromatic rings. The van der Waals surface area contributed by atoms with E-state index < -0.39 is 0 Å². The van der Waals surface area contributed by atoms with E-state index in [2.05, 4.69) is 55.0 Å². The monoisotopic (exact) mass is 382 g/mol. The lowest BCUT2D eigenvalue weighted by atomic mass is 9.82. The van der Waals surface area contributed by atoms with Crippen LogP contribution in [0.1, 0.15) is 54.9 Å². The summed E-state index contributed by atoms with van der Waals surface area (Å²) in [5, 5.41) is 0. The molecule has 0 rings (SSSR count). The lowest BCUT2D eigenvalue weighted by Gasteiger charge is -2.36. The fourth-order valence-corrected chi connectivity index (χ4v) is 2.40. The molecule has 3 atom stereocenters. The molecule has 0 aromatic carbocycles. The summed E-state index contributed by atoms with van der Waals surface area (Å²) in [7, 11) is 0. The summed E-state index contributed by atoms with van der Waals surface area (Å²) in [5.74, 6) is 0.867. The van der Waals surface area contributed by atoms with Crippen LogP contribution in [-0.2, 0) is 7.80 Å². The van der Waals surface area contributed by atoms with Crippen molar-refractivity contribution in [2.45, 2.75) is 66.6 Å². The predicted molar refractivity (Wildman–Crippen MR) is 91.5 cm³/mol. The second-order valence-electron chi connectivity index (χ2n) is 7.27. The number of rotatable bonds is 8. The van der Waals surface area contributed by atoms with Crippen molar-refractivity contribution in [1.29, 1.82) is 0 Å². The summed E-state index contributed by atoms with van der Waals surface area (Å²) >= 11 is 1.98. The Bertz CT molecular complexity index is 268. The fourth-order valence-electron chi connectivity index (χ4n) is 2.08. The van der Waals surface area contributed by atoms with Crippen LogP contribution in [0.25, 0.3) is 0 Å². The summed E-state index contributed by atoms with van der Waals surface area (Å²) in [6.07, 6.45) is 3.14. The molecule has 0 aliphatic carbocycles. The number of ether oxygens (including phenoxy) is 1. The molecule has 0 saturated carbocycles. The average Bonchev–Trinajstić information content (AvgIpc) is 2.31. The van der Waals surface area contributed by atoms with Crippen LogP contribution < -0.4 is 0 Å². The van der Waals surface area contributed by atoms with Gasteiger partial charge in [0.25, 0.3) is 0 Å². The molecule has 3 unspecified atom stereocenters. The van der Waals surface area contributed by atoms with Gasteiger partial charge in [-0.15, -0.1) is 6.58 Å². The van der Waals surface area contributed by atoms with E-state index in [0.717, 1.165) is 6.42 Å². The van der Waals surface area contributed by atoms with Crippen LogP contribution in [0.3, 0.4) is 0 Å². The van der Waals surface area contributed by atoms with Gasteiger partial charge in [-0.25, -0.2) is 0 Å². The first-order valence-electron chi connectivity index (χ1n) is 7.07. The third kappa shape index (κ3) is 7.66. The Hall–Kier alpha value is 0.390. The van der Waals surface area contributed by atoms with Gasteiger partial charge in [-0.1, -0.05) is 40.7 Å². The lowest BCUT2D eigenvalue weighted by molar-refractivity contribution is -0.0889. The maximum atomic E-state index is 6.14. The lowest BCUT2D eigenvalue weighted by Crippen LogP contribution is -2.39. The zero-order valence-electron chi connectivity index (χ0n) is 13.6. The molecule has 0 radical (unpaired) electrons. The minimum Gasteiger partial charge on any atom is -0.373 e. The van der Waals surface area contributed by atoms with Gasteiger partial charge in [0.05, 0.1) is 18.3 Å². The Kier molecular flexibility index (Phi) is 8.15. The highest BCUT2D eigenvalue weighted by Crippen LogP contribution is 2.30. The molecule has 2 nitrogen and oxygen atoms in total. The minimum atomic E-state index is -0.168. The van der Waals surface area contributed by atoms with Crippen LogP contribution in [0, 0.1) is 17.3 Å². The highest BCUT2D eigenvalue weighted by Gasteiger charge is 2.31. The fraction of sp³-hybridized carbons (Fsp3) is 0.875. The summed E-state index contributed by atoms with van der Waals surface area (Å²) in [4.78, 5) is 0. The Morgan fingerprint density at radius 1 is 1.16 bits per heavy atom. The molecule has 0 bridgehead atoms. The second-order valence-corrected chi connectivity index (χ2v) is 7.78. The summed E-state index contributed by atoms with van der Waals surface area (Å²) in [6.45, 7) is 19.9. The van der Waals surface area contributed by atoms with Crippen LogP contribution in [0.4, 0.5) is 0 Å². The molecule has 0 aromatic heterocycles. The first-order chi connectivity index (χ1) is 8.53. The van der Waals surface area contributed by atoms with E-state index in [1.807, 2.05) is 29.1 Å². The molecular weight excluding hydrogens is 351 g/mol. The van der Waals surface area contributed by atoms with E-state index in [9.17, 15) is 0 Å². The van der Waals surface area contributed by atoms with Crippen molar-refractivity contribution >= 4 is 23.0 Å². The molecule has 0 fully saturated rings. The first kappa shape index (κ1) is 19.4. The largest absolute Gasteiger partial charge is 0.373 e. The second kappa shape index (κ2) is 7.99. The van der Waals surface area contributed by atoms with Gasteiger partial charge in [-0.3, -0.25) is 0 Å². The smallest absolute Gasteiger partial charge is 0.110 e. The van der Waals surface area contributed by atoms with Gasteiger partial charge in [0.1, 0.15) is 23.0 Å². The van der Waals surface area contributed by atoms with Crippen LogP contribution in [0.2, 0.25) is 0 Å². The molecule has 0 aliphatic rings. The Labute approximate surface area is 134 Å². The van der Waals surface area contributed by atoms with Crippen LogP contribution in [-0.4, -0.2) is 18.3 Å². The van der Waals surface area contributed by atoms with E-state index in [-0.39, 0.29) is 17.1 Å². The summed E-state index contributed by atoms with van der Waals surface area (Å²) in [6, 6.07) is 0. The van der Waals surface area contributed by atoms with Crippen molar-refractivity contribution in [3.63, 3.8) is 0 Å². The highest BCUT2D eigenvalue weighted by atomic mass is 127. The maximum absolute atomic E-state index is 6.14. The third-order valence-corrected chi connectivity index (χ3v) is 4.58. The van der Waals surface area contributed by atoms with Crippen molar-refractivity contribution in [2.24, 2.45) is 17.3 Å². The first-order valence-corrected chi connectivity index (χ1v) is 7.95. The minimum absolute atomic E-state index is 0.145. The van der Waals surface area contributed by atoms with Gasteiger partial charge in [0.15, 0.2) is 0 Å². The van der Waals surface area contributed by atoms with Crippen molar-refractivity contribution in [3.05, 3.63) is 12.7 Å². The number of allylic oxidation sites excluding steroid dienone is 1. The topological polar surface area (TPSA) is 18.5 Å². The van der Waals surface area contributed by atoms with E-state index in [4.69, 9.17) is 7.80 Å². The Balaban J connectivity index is 4.46. The predicted octanol–water partition coefficient (Wildman–Crippen LogP) is 5.41. The van der Waals surface area contributed by atoms with Crippen LogP contribution in [0.15, 0.2) is 12.7 Å². The highest BCUT2D eigenvalue weighted by molar-refractivity contribution is 14.1. The third-order valence-electron chi connectivity index (χ3n) is 3.86. The van der Waals surface area contributed by atoms with Gasteiger partial charge in [0, 0.05) is 0 Å². The van der Waals surface area contributed by atoms with E-state index in [1.54, 1.807) is 0 Å². The molecule has 0 amide bonds. The standard InChI is InChI=1S/C16H31IO2/c1-9-12(2)13(3)16(7,8)18-11-14(19-17)10-15(4,5)6/h9,12-14H,1,10-11H2,2-8H3. The molecule has 3 heteroatoms. The summed E-state index contributed by atoms with van der Waals surface area (Å²) < 4.78 is 11.6. The van der Waals surface area contributed by atoms with Gasteiger partial charge >= 0.3 is 0 Å². The number of hydrogen-bond acceptors (Lipinski definition) is 2. The van der Waals surface area contributed by atoms with Crippen molar-refractivity contribution in [3.8, 4) is 0 Å². The number of halogens is 1.